The third-order valence-corrected chi connectivity index (χ3v) is 7.75. The zero-order chi connectivity index (χ0) is 26.6. The highest BCUT2D eigenvalue weighted by molar-refractivity contribution is 5.90. The molecule has 0 bridgehead atoms. The number of amides is 2. The molecule has 0 aromatic heterocycles. The number of urea groups is 1. The highest BCUT2D eigenvalue weighted by Gasteiger charge is 2.34. The average Bonchev–Trinajstić information content (AvgIpc) is 3.72. The van der Waals surface area contributed by atoms with Crippen molar-refractivity contribution in [1.29, 1.82) is 5.26 Å². The SMILES string of the molecule is CC(C)[C@H]1CN(C(=O)Nc2cccc(F)c2)CCN1C(=Nc1cccc2c1CCN(CC1CC1)C2)NC#N. The largest absolute Gasteiger partial charge is 0.335 e. The zero-order valence-electron chi connectivity index (χ0n) is 22.2. The summed E-state index contributed by atoms with van der Waals surface area (Å²) in [5, 5.41) is 15.2. The molecule has 0 spiro atoms. The number of nitriles is 1. The van der Waals surface area contributed by atoms with Crippen molar-refractivity contribution < 1.29 is 9.18 Å². The highest BCUT2D eigenvalue weighted by atomic mass is 19.1. The van der Waals surface area contributed by atoms with Gasteiger partial charge in [0, 0.05) is 45.0 Å². The Hall–Kier alpha value is -3.64. The monoisotopic (exact) mass is 517 g/mol. The van der Waals surface area contributed by atoms with E-state index in [9.17, 15) is 14.4 Å². The van der Waals surface area contributed by atoms with E-state index in [1.165, 1.54) is 42.6 Å². The first-order valence-corrected chi connectivity index (χ1v) is 13.6. The molecule has 0 radical (unpaired) electrons. The molecule has 8 nitrogen and oxygen atoms in total. The van der Waals surface area contributed by atoms with Gasteiger partial charge in [-0.2, -0.15) is 5.26 Å². The van der Waals surface area contributed by atoms with Crippen LogP contribution in [0.5, 0.6) is 0 Å². The summed E-state index contributed by atoms with van der Waals surface area (Å²) in [5.74, 6) is 1.19. The molecule has 38 heavy (non-hydrogen) atoms. The number of nitrogens with one attached hydrogen (secondary N) is 2. The number of rotatable bonds is 5. The summed E-state index contributed by atoms with van der Waals surface area (Å²) in [5.41, 5.74) is 3.90. The molecular weight excluding hydrogens is 481 g/mol. The van der Waals surface area contributed by atoms with Crippen LogP contribution in [0.15, 0.2) is 47.5 Å². The Morgan fingerprint density at radius 2 is 2.00 bits per heavy atom. The fourth-order valence-corrected chi connectivity index (χ4v) is 5.50. The van der Waals surface area contributed by atoms with Crippen LogP contribution in [-0.2, 0) is 13.0 Å². The van der Waals surface area contributed by atoms with Crippen LogP contribution in [0.3, 0.4) is 0 Å². The first kappa shape index (κ1) is 26.0. The van der Waals surface area contributed by atoms with Crippen LogP contribution in [0.25, 0.3) is 0 Å². The van der Waals surface area contributed by atoms with Gasteiger partial charge in [-0.05, 0) is 66.5 Å². The number of aliphatic imine (C=N–C) groups is 1. The minimum absolute atomic E-state index is 0.0461. The van der Waals surface area contributed by atoms with Gasteiger partial charge in [-0.25, -0.2) is 14.2 Å². The first-order valence-electron chi connectivity index (χ1n) is 13.6. The van der Waals surface area contributed by atoms with Crippen molar-refractivity contribution in [3.63, 3.8) is 0 Å². The van der Waals surface area contributed by atoms with E-state index in [1.807, 2.05) is 6.07 Å². The molecule has 9 heteroatoms. The van der Waals surface area contributed by atoms with Crippen LogP contribution >= 0.6 is 0 Å². The molecule has 2 N–H and O–H groups in total. The summed E-state index contributed by atoms with van der Waals surface area (Å²) in [6, 6.07) is 11.9. The van der Waals surface area contributed by atoms with E-state index in [2.05, 4.69) is 52.6 Å². The fourth-order valence-electron chi connectivity index (χ4n) is 5.50. The molecule has 1 aliphatic carbocycles. The van der Waals surface area contributed by atoms with Gasteiger partial charge in [0.1, 0.15) is 5.82 Å². The van der Waals surface area contributed by atoms with Crippen LogP contribution in [0.1, 0.15) is 37.8 Å². The maximum Gasteiger partial charge on any atom is 0.321 e. The first-order chi connectivity index (χ1) is 18.4. The predicted molar refractivity (Wildman–Crippen MR) is 146 cm³/mol. The number of hydrogen-bond acceptors (Lipinski definition) is 4. The second-order valence-electron chi connectivity index (χ2n) is 10.9. The molecule has 0 unspecified atom stereocenters. The van der Waals surface area contributed by atoms with Gasteiger partial charge in [-0.15, -0.1) is 0 Å². The minimum atomic E-state index is -0.394. The second-order valence-corrected chi connectivity index (χ2v) is 10.9. The predicted octanol–water partition coefficient (Wildman–Crippen LogP) is 4.53. The van der Waals surface area contributed by atoms with Crippen molar-refractivity contribution in [2.45, 2.75) is 45.7 Å². The minimum Gasteiger partial charge on any atom is -0.335 e. The molecule has 2 aromatic rings. The molecular formula is C29H36FN7O. The van der Waals surface area contributed by atoms with E-state index in [0.29, 0.717) is 31.3 Å². The van der Waals surface area contributed by atoms with Gasteiger partial charge in [0.05, 0.1) is 11.7 Å². The quantitative estimate of drug-likeness (QED) is 0.264. The van der Waals surface area contributed by atoms with Crippen molar-refractivity contribution in [3.8, 4) is 6.19 Å². The molecule has 2 heterocycles. The van der Waals surface area contributed by atoms with Gasteiger partial charge in [0.15, 0.2) is 6.19 Å². The van der Waals surface area contributed by atoms with Crippen molar-refractivity contribution in [2.24, 2.45) is 16.8 Å². The number of nitrogens with zero attached hydrogens (tertiary/aromatic N) is 5. The number of guanidine groups is 1. The lowest BCUT2D eigenvalue weighted by atomic mass is 9.97. The summed E-state index contributed by atoms with van der Waals surface area (Å²) < 4.78 is 13.6. The summed E-state index contributed by atoms with van der Waals surface area (Å²) in [6.07, 6.45) is 5.73. The molecule has 5 rings (SSSR count). The molecule has 3 aliphatic rings. The fraction of sp³-hybridized carbons (Fsp3) is 0.483. The molecule has 2 aliphatic heterocycles. The number of benzene rings is 2. The average molecular weight is 518 g/mol. The molecule has 2 fully saturated rings. The Morgan fingerprint density at radius 1 is 1.18 bits per heavy atom. The molecule has 2 amide bonds. The van der Waals surface area contributed by atoms with Gasteiger partial charge in [-0.3, -0.25) is 10.2 Å². The van der Waals surface area contributed by atoms with E-state index >= 15 is 0 Å². The maximum absolute atomic E-state index is 13.6. The zero-order valence-corrected chi connectivity index (χ0v) is 22.2. The Labute approximate surface area is 224 Å². The number of anilines is 1. The van der Waals surface area contributed by atoms with Crippen LogP contribution in [-0.4, -0.2) is 65.5 Å². The number of fused-ring (bicyclic) bond motifs is 1. The summed E-state index contributed by atoms with van der Waals surface area (Å²) in [4.78, 5) is 24.4. The smallest absolute Gasteiger partial charge is 0.321 e. The molecule has 1 saturated heterocycles. The van der Waals surface area contributed by atoms with Crippen molar-refractivity contribution >= 4 is 23.4 Å². The lowest BCUT2D eigenvalue weighted by molar-refractivity contribution is 0.118. The van der Waals surface area contributed by atoms with Crippen LogP contribution in [0.4, 0.5) is 20.6 Å². The van der Waals surface area contributed by atoms with E-state index in [0.717, 1.165) is 31.1 Å². The number of carbonyl (C=O) groups is 1. The summed E-state index contributed by atoms with van der Waals surface area (Å²) >= 11 is 0. The topological polar surface area (TPSA) is 87.0 Å². The van der Waals surface area contributed by atoms with E-state index < -0.39 is 5.82 Å². The normalized spacial score (nSPS) is 20.2. The van der Waals surface area contributed by atoms with E-state index in [4.69, 9.17) is 4.99 Å². The Morgan fingerprint density at radius 3 is 2.74 bits per heavy atom. The molecule has 1 atom stereocenters. The van der Waals surface area contributed by atoms with Gasteiger partial charge >= 0.3 is 6.03 Å². The number of halogens is 1. The van der Waals surface area contributed by atoms with Crippen LogP contribution < -0.4 is 10.6 Å². The van der Waals surface area contributed by atoms with Gasteiger partial charge in [0.2, 0.25) is 5.96 Å². The Balaban J connectivity index is 1.33. The van der Waals surface area contributed by atoms with Gasteiger partial charge in [0.25, 0.3) is 0 Å². The van der Waals surface area contributed by atoms with E-state index in [1.54, 1.807) is 17.0 Å². The molecule has 200 valence electrons. The standard InChI is InChI=1S/C29H36FN7O/c1-20(2)27-18-36(29(38)33-24-7-4-6-23(30)15-24)13-14-37(27)28(32-19-31)34-26-8-3-5-22-17-35(12-11-25(22)26)16-21-9-10-21/h3-8,15,20-21,27H,9-14,16-18H2,1-2H3,(H,32,34)(H,33,38)/t27-/m1/s1. The molecule has 1 saturated carbocycles. The summed E-state index contributed by atoms with van der Waals surface area (Å²) in [7, 11) is 0. The van der Waals surface area contributed by atoms with E-state index in [-0.39, 0.29) is 18.0 Å². The highest BCUT2D eigenvalue weighted by Crippen LogP contribution is 2.34. The molecule has 2 aromatic carbocycles. The van der Waals surface area contributed by atoms with Crippen molar-refractivity contribution in [1.82, 2.24) is 20.0 Å². The third kappa shape index (κ3) is 6.08. The maximum atomic E-state index is 13.6. The van der Waals surface area contributed by atoms with Crippen molar-refractivity contribution in [3.05, 3.63) is 59.4 Å². The van der Waals surface area contributed by atoms with Gasteiger partial charge < -0.3 is 15.1 Å². The van der Waals surface area contributed by atoms with Crippen LogP contribution in [0, 0.1) is 29.1 Å². The Bertz CT molecular complexity index is 1240. The van der Waals surface area contributed by atoms with Gasteiger partial charge in [-0.1, -0.05) is 32.0 Å². The lowest BCUT2D eigenvalue weighted by Crippen LogP contribution is -2.60. The Kier molecular flexibility index (Phi) is 7.79. The third-order valence-electron chi connectivity index (χ3n) is 7.75. The number of piperazine rings is 1. The number of hydrogen-bond donors (Lipinski definition) is 2. The second kappa shape index (κ2) is 11.4. The van der Waals surface area contributed by atoms with Crippen molar-refractivity contribution in [2.75, 3.05) is 38.0 Å². The lowest BCUT2D eigenvalue weighted by Gasteiger charge is -2.44. The summed E-state index contributed by atoms with van der Waals surface area (Å²) in [6.45, 7) is 8.82. The number of carbonyl (C=O) groups excluding carboxylic acids is 1. The van der Waals surface area contributed by atoms with Crippen LogP contribution in [0.2, 0.25) is 0 Å².